The zero-order valence-corrected chi connectivity index (χ0v) is 9.51. The molecular formula is C12H17NO3. The van der Waals surface area contributed by atoms with Crippen LogP contribution < -0.4 is 10.5 Å². The van der Waals surface area contributed by atoms with Crippen LogP contribution in [0.1, 0.15) is 19.4 Å². The van der Waals surface area contributed by atoms with Crippen LogP contribution in [-0.2, 0) is 11.2 Å². The van der Waals surface area contributed by atoms with Gasteiger partial charge in [0.1, 0.15) is 11.8 Å². The zero-order chi connectivity index (χ0) is 12.1. The molecule has 4 heteroatoms. The highest BCUT2D eigenvalue weighted by molar-refractivity contribution is 5.73. The van der Waals surface area contributed by atoms with Crippen LogP contribution in [0.25, 0.3) is 0 Å². The van der Waals surface area contributed by atoms with E-state index in [9.17, 15) is 4.79 Å². The number of benzene rings is 1. The lowest BCUT2D eigenvalue weighted by Gasteiger charge is -2.11. The molecule has 3 N–H and O–H groups in total. The van der Waals surface area contributed by atoms with E-state index in [0.29, 0.717) is 6.42 Å². The molecule has 0 bridgehead atoms. The van der Waals surface area contributed by atoms with Crippen LogP contribution in [0.15, 0.2) is 24.3 Å². The van der Waals surface area contributed by atoms with Crippen molar-refractivity contribution in [3.63, 3.8) is 0 Å². The van der Waals surface area contributed by atoms with Crippen molar-refractivity contribution in [3.05, 3.63) is 29.8 Å². The van der Waals surface area contributed by atoms with Gasteiger partial charge in [-0.1, -0.05) is 12.1 Å². The van der Waals surface area contributed by atoms with Gasteiger partial charge in [0.15, 0.2) is 0 Å². The normalized spacial score (nSPS) is 12.5. The summed E-state index contributed by atoms with van der Waals surface area (Å²) in [6.45, 7) is 3.91. The molecule has 16 heavy (non-hydrogen) atoms. The van der Waals surface area contributed by atoms with Crippen molar-refractivity contribution < 1.29 is 14.6 Å². The third kappa shape index (κ3) is 3.90. The second-order valence-electron chi connectivity index (χ2n) is 3.96. The van der Waals surface area contributed by atoms with Crippen molar-refractivity contribution in [2.45, 2.75) is 32.4 Å². The van der Waals surface area contributed by atoms with Gasteiger partial charge in [0.05, 0.1) is 6.10 Å². The predicted molar refractivity (Wildman–Crippen MR) is 61.5 cm³/mol. The van der Waals surface area contributed by atoms with E-state index in [2.05, 4.69) is 0 Å². The summed E-state index contributed by atoms with van der Waals surface area (Å²) in [6.07, 6.45) is 0.462. The second-order valence-corrected chi connectivity index (χ2v) is 3.96. The molecule has 1 aromatic carbocycles. The van der Waals surface area contributed by atoms with E-state index in [1.165, 1.54) is 0 Å². The molecule has 0 heterocycles. The summed E-state index contributed by atoms with van der Waals surface area (Å²) >= 11 is 0. The topological polar surface area (TPSA) is 72.5 Å². The summed E-state index contributed by atoms with van der Waals surface area (Å²) in [5, 5.41) is 8.67. The van der Waals surface area contributed by atoms with Gasteiger partial charge >= 0.3 is 5.97 Å². The van der Waals surface area contributed by atoms with E-state index in [-0.39, 0.29) is 6.10 Å². The summed E-state index contributed by atoms with van der Waals surface area (Å²) in [5.74, 6) is -0.204. The van der Waals surface area contributed by atoms with E-state index < -0.39 is 12.0 Å². The van der Waals surface area contributed by atoms with Gasteiger partial charge in [-0.25, -0.2) is 0 Å². The minimum atomic E-state index is -0.984. The number of carboxylic acids is 1. The lowest BCUT2D eigenvalue weighted by atomic mass is 10.1. The van der Waals surface area contributed by atoms with Crippen LogP contribution in [-0.4, -0.2) is 23.2 Å². The average Bonchev–Trinajstić information content (AvgIpc) is 2.20. The van der Waals surface area contributed by atoms with Crippen molar-refractivity contribution in [3.8, 4) is 5.75 Å². The Morgan fingerprint density at radius 3 is 2.38 bits per heavy atom. The minimum absolute atomic E-state index is 0.132. The fourth-order valence-electron chi connectivity index (χ4n) is 1.32. The van der Waals surface area contributed by atoms with Gasteiger partial charge in [-0.15, -0.1) is 0 Å². The molecule has 0 radical (unpaired) electrons. The van der Waals surface area contributed by atoms with Crippen LogP contribution in [0.4, 0.5) is 0 Å². The Hall–Kier alpha value is -1.55. The summed E-state index contributed by atoms with van der Waals surface area (Å²) in [5.41, 5.74) is 6.33. The summed E-state index contributed by atoms with van der Waals surface area (Å²) < 4.78 is 5.47. The number of ether oxygens (including phenoxy) is 1. The Labute approximate surface area is 95.0 Å². The molecule has 0 aliphatic carbocycles. The third-order valence-corrected chi connectivity index (χ3v) is 2.07. The van der Waals surface area contributed by atoms with E-state index >= 15 is 0 Å². The lowest BCUT2D eigenvalue weighted by Crippen LogP contribution is -2.32. The fourth-order valence-corrected chi connectivity index (χ4v) is 1.32. The number of carboxylic acid groups (broad SMARTS) is 1. The first-order valence-electron chi connectivity index (χ1n) is 5.23. The molecule has 1 rings (SSSR count). The molecule has 0 amide bonds. The molecule has 0 unspecified atom stereocenters. The Balaban J connectivity index is 2.61. The van der Waals surface area contributed by atoms with E-state index in [1.807, 2.05) is 38.1 Å². The van der Waals surface area contributed by atoms with Crippen molar-refractivity contribution in [2.75, 3.05) is 0 Å². The molecule has 0 saturated heterocycles. The van der Waals surface area contributed by atoms with Crippen LogP contribution in [0, 0.1) is 0 Å². The Morgan fingerprint density at radius 2 is 1.94 bits per heavy atom. The van der Waals surface area contributed by atoms with Gasteiger partial charge in [-0.3, -0.25) is 4.79 Å². The van der Waals surface area contributed by atoms with Gasteiger partial charge in [0.2, 0.25) is 0 Å². The Kier molecular flexibility index (Phi) is 4.31. The maximum absolute atomic E-state index is 10.6. The molecule has 4 nitrogen and oxygen atoms in total. The van der Waals surface area contributed by atoms with Crippen molar-refractivity contribution in [1.29, 1.82) is 0 Å². The number of aliphatic carboxylic acids is 1. The summed E-state index contributed by atoms with van der Waals surface area (Å²) in [4.78, 5) is 10.6. The molecule has 1 atom stereocenters. The van der Waals surface area contributed by atoms with Crippen LogP contribution in [0.3, 0.4) is 0 Å². The Bertz CT molecular complexity index is 346. The van der Waals surface area contributed by atoms with Gasteiger partial charge in [-0.05, 0) is 38.0 Å². The van der Waals surface area contributed by atoms with E-state index in [0.717, 1.165) is 11.3 Å². The largest absolute Gasteiger partial charge is 0.491 e. The van der Waals surface area contributed by atoms with Crippen molar-refractivity contribution >= 4 is 5.97 Å². The van der Waals surface area contributed by atoms with Crippen molar-refractivity contribution in [2.24, 2.45) is 5.73 Å². The summed E-state index contributed by atoms with van der Waals surface area (Å²) in [7, 11) is 0. The third-order valence-electron chi connectivity index (χ3n) is 2.07. The fraction of sp³-hybridized carbons (Fsp3) is 0.417. The van der Waals surface area contributed by atoms with E-state index in [1.54, 1.807) is 0 Å². The molecule has 1 aromatic rings. The monoisotopic (exact) mass is 223 g/mol. The SMILES string of the molecule is CC(C)Oc1ccc(C[C@H](N)C(=O)O)cc1. The highest BCUT2D eigenvalue weighted by atomic mass is 16.5. The quantitative estimate of drug-likeness (QED) is 0.792. The van der Waals surface area contributed by atoms with Crippen LogP contribution in [0.5, 0.6) is 5.75 Å². The molecular weight excluding hydrogens is 206 g/mol. The first kappa shape index (κ1) is 12.5. The van der Waals surface area contributed by atoms with Crippen molar-refractivity contribution in [1.82, 2.24) is 0 Å². The maximum atomic E-state index is 10.6. The van der Waals surface area contributed by atoms with Crippen LogP contribution >= 0.6 is 0 Å². The van der Waals surface area contributed by atoms with Crippen LogP contribution in [0.2, 0.25) is 0 Å². The molecule has 0 aromatic heterocycles. The molecule has 0 spiro atoms. The number of nitrogens with two attached hydrogens (primary N) is 1. The molecule has 0 aliphatic heterocycles. The number of carbonyl (C=O) groups is 1. The molecule has 0 aliphatic rings. The first-order chi connectivity index (χ1) is 7.49. The number of hydrogen-bond acceptors (Lipinski definition) is 3. The maximum Gasteiger partial charge on any atom is 0.320 e. The number of rotatable bonds is 5. The standard InChI is InChI=1S/C12H17NO3/c1-8(2)16-10-5-3-9(4-6-10)7-11(13)12(14)15/h3-6,8,11H,7,13H2,1-2H3,(H,14,15)/t11-/m0/s1. The Morgan fingerprint density at radius 1 is 1.38 bits per heavy atom. The molecule has 0 saturated carbocycles. The highest BCUT2D eigenvalue weighted by Crippen LogP contribution is 2.14. The first-order valence-corrected chi connectivity index (χ1v) is 5.23. The molecule has 0 fully saturated rings. The van der Waals surface area contributed by atoms with Gasteiger partial charge in [0, 0.05) is 0 Å². The van der Waals surface area contributed by atoms with Gasteiger partial charge in [0.25, 0.3) is 0 Å². The zero-order valence-electron chi connectivity index (χ0n) is 9.51. The van der Waals surface area contributed by atoms with Gasteiger partial charge < -0.3 is 15.6 Å². The highest BCUT2D eigenvalue weighted by Gasteiger charge is 2.11. The summed E-state index contributed by atoms with van der Waals surface area (Å²) in [6, 6.07) is 6.46. The predicted octanol–water partition coefficient (Wildman–Crippen LogP) is 1.43. The van der Waals surface area contributed by atoms with Gasteiger partial charge in [-0.2, -0.15) is 0 Å². The lowest BCUT2D eigenvalue weighted by molar-refractivity contribution is -0.138. The van der Waals surface area contributed by atoms with E-state index in [4.69, 9.17) is 15.6 Å². The average molecular weight is 223 g/mol. The number of hydrogen-bond donors (Lipinski definition) is 2. The second kappa shape index (κ2) is 5.51. The smallest absolute Gasteiger partial charge is 0.320 e. The minimum Gasteiger partial charge on any atom is -0.491 e. The molecule has 88 valence electrons.